The zero-order chi connectivity index (χ0) is 28.6. The van der Waals surface area contributed by atoms with Crippen LogP contribution in [0.4, 0.5) is 5.69 Å². The lowest BCUT2D eigenvalue weighted by molar-refractivity contribution is -0.117. The molecule has 0 bridgehead atoms. The summed E-state index contributed by atoms with van der Waals surface area (Å²) in [4.78, 5) is 28.3. The molecule has 7 nitrogen and oxygen atoms in total. The van der Waals surface area contributed by atoms with Crippen molar-refractivity contribution >= 4 is 41.4 Å². The van der Waals surface area contributed by atoms with E-state index in [0.29, 0.717) is 5.56 Å². The second kappa shape index (κ2) is 13.1. The molecule has 8 heteroatoms. The van der Waals surface area contributed by atoms with Crippen molar-refractivity contribution in [1.29, 1.82) is 0 Å². The van der Waals surface area contributed by atoms with Gasteiger partial charge >= 0.3 is 0 Å². The Bertz CT molecular complexity index is 1370. The normalized spacial score (nSPS) is 11.9. The Balaban J connectivity index is 1.88. The van der Waals surface area contributed by atoms with E-state index in [1.807, 2.05) is 36.4 Å². The summed E-state index contributed by atoms with van der Waals surface area (Å²) in [5, 5.41) is 17.2. The van der Waals surface area contributed by atoms with Gasteiger partial charge in [0, 0.05) is 24.3 Å². The van der Waals surface area contributed by atoms with Crippen molar-refractivity contribution in [3.05, 3.63) is 99.7 Å². The van der Waals surface area contributed by atoms with Crippen LogP contribution in [0, 0.1) is 0 Å². The zero-order valence-electron chi connectivity index (χ0n) is 23.0. The first-order chi connectivity index (χ1) is 18.5. The molecule has 204 valence electrons. The Morgan fingerprint density at radius 1 is 1.00 bits per heavy atom. The van der Waals surface area contributed by atoms with E-state index in [0.717, 1.165) is 29.9 Å². The van der Waals surface area contributed by atoms with Gasteiger partial charge in [0.1, 0.15) is 11.4 Å². The average Bonchev–Trinajstić information content (AvgIpc) is 2.90. The third-order valence-corrected chi connectivity index (χ3v) is 6.54. The molecule has 0 aliphatic heterocycles. The van der Waals surface area contributed by atoms with Gasteiger partial charge in [0.15, 0.2) is 0 Å². The van der Waals surface area contributed by atoms with Gasteiger partial charge in [-0.1, -0.05) is 62.7 Å². The molecule has 0 atom stereocenters. The van der Waals surface area contributed by atoms with Gasteiger partial charge in [-0.2, -0.15) is 5.10 Å². The van der Waals surface area contributed by atoms with E-state index in [4.69, 9.17) is 11.6 Å². The number of hydrogen-bond donors (Lipinski definition) is 3. The number of carbonyl (C=O) groups is 2. The quantitative estimate of drug-likeness (QED) is 0.171. The van der Waals surface area contributed by atoms with Crippen molar-refractivity contribution in [2.45, 2.75) is 40.0 Å². The minimum absolute atomic E-state index is 0.0136. The van der Waals surface area contributed by atoms with E-state index in [1.54, 1.807) is 36.4 Å². The average molecular weight is 547 g/mol. The number of anilines is 1. The fraction of sp³-hybridized carbons (Fsp3) is 0.258. The molecule has 39 heavy (non-hydrogen) atoms. The van der Waals surface area contributed by atoms with E-state index < -0.39 is 11.8 Å². The van der Waals surface area contributed by atoms with Crippen molar-refractivity contribution in [3.8, 4) is 5.75 Å². The van der Waals surface area contributed by atoms with E-state index in [9.17, 15) is 14.7 Å². The molecule has 0 radical (unpaired) electrons. The molecule has 2 amide bonds. The summed E-state index contributed by atoms with van der Waals surface area (Å²) in [5.74, 6) is -1.12. The number of rotatable bonds is 9. The monoisotopic (exact) mass is 546 g/mol. The van der Waals surface area contributed by atoms with E-state index >= 15 is 0 Å². The summed E-state index contributed by atoms with van der Waals surface area (Å²) in [6, 6.07) is 19.5. The highest BCUT2D eigenvalue weighted by Crippen LogP contribution is 2.26. The zero-order valence-corrected chi connectivity index (χ0v) is 23.7. The number of amides is 2. The predicted molar refractivity (Wildman–Crippen MR) is 159 cm³/mol. The fourth-order valence-electron chi connectivity index (χ4n) is 3.88. The van der Waals surface area contributed by atoms with E-state index in [-0.39, 0.29) is 27.4 Å². The molecule has 0 saturated heterocycles. The molecule has 0 heterocycles. The molecule has 0 spiro atoms. The maximum atomic E-state index is 13.2. The Morgan fingerprint density at radius 2 is 1.67 bits per heavy atom. The summed E-state index contributed by atoms with van der Waals surface area (Å²) < 4.78 is 0. The van der Waals surface area contributed by atoms with Crippen LogP contribution in [0.2, 0.25) is 5.02 Å². The lowest BCUT2D eigenvalue weighted by atomic mass is 9.86. The lowest BCUT2D eigenvalue weighted by Gasteiger charge is -2.21. The van der Waals surface area contributed by atoms with Crippen molar-refractivity contribution in [1.82, 2.24) is 10.7 Å². The highest BCUT2D eigenvalue weighted by Gasteiger charge is 2.17. The number of carbonyl (C=O) groups excluding carboxylic acids is 2. The number of nitrogens with one attached hydrogen (secondary N) is 2. The molecule has 0 aliphatic carbocycles. The molecule has 0 aromatic heterocycles. The molecule has 0 fully saturated rings. The molecular weight excluding hydrogens is 512 g/mol. The standard InChI is InChI=1S/C31H35ClN4O3/c1-6-36(7-2)24-15-12-21(13-16-24)18-27(34-29(38)25-10-8-9-11-26(25)32)30(39)35-33-20-22-19-23(31(3,4)5)14-17-28(22)37/h8-20,37H,6-7H2,1-5H3,(H,34,38)(H,35,39)/b27-18+,33-20+. The summed E-state index contributed by atoms with van der Waals surface area (Å²) >= 11 is 6.20. The van der Waals surface area contributed by atoms with Crippen LogP contribution in [0.25, 0.3) is 6.08 Å². The van der Waals surface area contributed by atoms with Crippen molar-refractivity contribution in [2.24, 2.45) is 5.10 Å². The van der Waals surface area contributed by atoms with Crippen LogP contribution < -0.4 is 15.6 Å². The van der Waals surface area contributed by atoms with Crippen LogP contribution in [0.1, 0.15) is 61.7 Å². The highest BCUT2D eigenvalue weighted by molar-refractivity contribution is 6.34. The van der Waals surface area contributed by atoms with E-state index in [2.05, 4.69) is 55.4 Å². The van der Waals surface area contributed by atoms with E-state index in [1.165, 1.54) is 6.21 Å². The number of hydrogen-bond acceptors (Lipinski definition) is 5. The van der Waals surface area contributed by atoms with Crippen molar-refractivity contribution in [2.75, 3.05) is 18.0 Å². The Hall–Kier alpha value is -4.10. The summed E-state index contributed by atoms with van der Waals surface area (Å²) in [6.45, 7) is 12.1. The van der Waals surface area contributed by atoms with Crippen LogP contribution in [0.3, 0.4) is 0 Å². The molecule has 0 saturated carbocycles. The number of phenols is 1. The topological polar surface area (TPSA) is 94.0 Å². The molecule has 0 unspecified atom stereocenters. The van der Waals surface area contributed by atoms with Gasteiger partial charge in [-0.25, -0.2) is 5.43 Å². The van der Waals surface area contributed by atoms with Gasteiger partial charge in [0.2, 0.25) is 0 Å². The smallest absolute Gasteiger partial charge is 0.287 e. The number of halogens is 1. The van der Waals surface area contributed by atoms with Gasteiger partial charge in [-0.15, -0.1) is 0 Å². The first-order valence-electron chi connectivity index (χ1n) is 12.8. The lowest BCUT2D eigenvalue weighted by Crippen LogP contribution is -2.33. The van der Waals surface area contributed by atoms with Crippen molar-refractivity contribution < 1.29 is 14.7 Å². The second-order valence-corrected chi connectivity index (χ2v) is 10.4. The van der Waals surface area contributed by atoms with Crippen molar-refractivity contribution in [3.63, 3.8) is 0 Å². The maximum absolute atomic E-state index is 13.2. The first-order valence-corrected chi connectivity index (χ1v) is 13.2. The first kappa shape index (κ1) is 29.5. The van der Waals surface area contributed by atoms with Gasteiger partial charge < -0.3 is 15.3 Å². The number of benzene rings is 3. The SMILES string of the molecule is CCN(CC)c1ccc(/C=C(/NC(=O)c2ccccc2Cl)C(=O)N/N=C/c2cc(C(C)(C)C)ccc2O)cc1. The number of nitrogens with zero attached hydrogens (tertiary/aromatic N) is 2. The van der Waals surface area contributed by atoms with Crippen LogP contribution in [0.5, 0.6) is 5.75 Å². The highest BCUT2D eigenvalue weighted by atomic mass is 35.5. The molecule has 3 N–H and O–H groups in total. The number of phenolic OH excluding ortho intramolecular Hbond substituents is 1. The van der Waals surface area contributed by atoms with Crippen LogP contribution >= 0.6 is 11.6 Å². The van der Waals surface area contributed by atoms with Crippen LogP contribution in [-0.4, -0.2) is 36.2 Å². The predicted octanol–water partition coefficient (Wildman–Crippen LogP) is 6.11. The number of hydrazone groups is 1. The van der Waals surface area contributed by atoms with Gasteiger partial charge in [-0.3, -0.25) is 9.59 Å². The minimum atomic E-state index is -0.633. The Labute approximate surface area is 235 Å². The third kappa shape index (κ3) is 7.94. The van der Waals surface area contributed by atoms with Gasteiger partial charge in [0.25, 0.3) is 11.8 Å². The largest absolute Gasteiger partial charge is 0.507 e. The molecule has 3 aromatic carbocycles. The Morgan fingerprint density at radius 3 is 2.28 bits per heavy atom. The molecule has 0 aliphatic rings. The van der Waals surface area contributed by atoms with Crippen LogP contribution in [0.15, 0.2) is 77.5 Å². The van der Waals surface area contributed by atoms with Gasteiger partial charge in [-0.05, 0) is 72.9 Å². The summed E-state index contributed by atoms with van der Waals surface area (Å²) in [6.07, 6.45) is 2.94. The third-order valence-electron chi connectivity index (χ3n) is 6.21. The molecular formula is C31H35ClN4O3. The molecule has 3 rings (SSSR count). The summed E-state index contributed by atoms with van der Waals surface area (Å²) in [7, 11) is 0. The second-order valence-electron chi connectivity index (χ2n) is 9.98. The fourth-order valence-corrected chi connectivity index (χ4v) is 4.10. The summed E-state index contributed by atoms with van der Waals surface area (Å²) in [5.41, 5.74) is 5.79. The van der Waals surface area contributed by atoms with Gasteiger partial charge in [0.05, 0.1) is 16.8 Å². The molecule has 3 aromatic rings. The minimum Gasteiger partial charge on any atom is -0.507 e. The number of aromatic hydroxyl groups is 1. The van der Waals surface area contributed by atoms with Crippen LogP contribution in [-0.2, 0) is 10.2 Å². The Kier molecular flexibility index (Phi) is 9.90. The maximum Gasteiger partial charge on any atom is 0.287 e.